The van der Waals surface area contributed by atoms with Crippen LogP contribution in [0, 0.1) is 5.82 Å². The van der Waals surface area contributed by atoms with Crippen LogP contribution in [0.25, 0.3) is 0 Å². The maximum Gasteiger partial charge on any atom is 0.261 e. The largest absolute Gasteiger partial charge is 0.348 e. The molecule has 0 fully saturated rings. The van der Waals surface area contributed by atoms with Crippen molar-refractivity contribution in [2.45, 2.75) is 25.3 Å². The molecule has 1 atom stereocenters. The molecule has 0 aliphatic heterocycles. The van der Waals surface area contributed by atoms with E-state index >= 15 is 0 Å². The van der Waals surface area contributed by atoms with Crippen LogP contribution in [0.5, 0.6) is 0 Å². The van der Waals surface area contributed by atoms with Gasteiger partial charge in [0.25, 0.3) is 11.5 Å². The quantitative estimate of drug-likeness (QED) is 0.717. The van der Waals surface area contributed by atoms with Crippen LogP contribution in [0.3, 0.4) is 0 Å². The van der Waals surface area contributed by atoms with Gasteiger partial charge in [0.15, 0.2) is 5.78 Å². The molecule has 1 amide bonds. The van der Waals surface area contributed by atoms with Gasteiger partial charge in [-0.2, -0.15) is 0 Å². The number of hydrogen-bond donors (Lipinski definition) is 2. The molecule has 29 heavy (non-hydrogen) atoms. The van der Waals surface area contributed by atoms with Gasteiger partial charge in [0, 0.05) is 24.2 Å². The first-order valence-electron chi connectivity index (χ1n) is 9.38. The number of aromatic nitrogens is 1. The van der Waals surface area contributed by atoms with Crippen LogP contribution in [0.4, 0.5) is 4.39 Å². The zero-order valence-electron chi connectivity index (χ0n) is 15.6. The number of carbonyl (C=O) groups is 2. The summed E-state index contributed by atoms with van der Waals surface area (Å²) in [7, 11) is 0. The number of Topliss-reactive ketones (excluding diaryl/α,β-unsaturated/α-hetero) is 1. The van der Waals surface area contributed by atoms with Crippen molar-refractivity contribution in [1.29, 1.82) is 0 Å². The summed E-state index contributed by atoms with van der Waals surface area (Å²) in [5.41, 5.74) is 2.09. The van der Waals surface area contributed by atoms with Gasteiger partial charge >= 0.3 is 0 Å². The fourth-order valence-corrected chi connectivity index (χ4v) is 3.64. The van der Waals surface area contributed by atoms with Crippen molar-refractivity contribution in [3.05, 3.63) is 105 Å². The number of nitrogens with one attached hydrogen (secondary N) is 2. The van der Waals surface area contributed by atoms with Gasteiger partial charge in [0.05, 0.1) is 0 Å². The fraction of sp³-hybridized carbons (Fsp3) is 0.174. The maximum absolute atomic E-state index is 13.0. The lowest BCUT2D eigenvalue weighted by atomic mass is 9.81. The van der Waals surface area contributed by atoms with Crippen molar-refractivity contribution in [1.82, 2.24) is 10.3 Å². The number of amides is 1. The van der Waals surface area contributed by atoms with Crippen LogP contribution >= 0.6 is 0 Å². The fourth-order valence-electron chi connectivity index (χ4n) is 3.64. The molecule has 6 heteroatoms. The molecular formula is C23H19FN2O3. The molecule has 4 rings (SSSR count). The van der Waals surface area contributed by atoms with E-state index in [2.05, 4.69) is 10.3 Å². The molecule has 0 unspecified atom stereocenters. The highest BCUT2D eigenvalue weighted by atomic mass is 19.1. The molecule has 1 aliphatic rings. The number of carbonyl (C=O) groups excluding carboxylic acids is 2. The van der Waals surface area contributed by atoms with Crippen molar-refractivity contribution >= 4 is 11.7 Å². The van der Waals surface area contributed by atoms with Crippen LogP contribution in [-0.4, -0.2) is 16.7 Å². The number of aromatic amines is 1. The number of ketones is 1. The minimum absolute atomic E-state index is 0.00463. The summed E-state index contributed by atoms with van der Waals surface area (Å²) in [6, 6.07) is 16.8. The van der Waals surface area contributed by atoms with Crippen LogP contribution in [0.2, 0.25) is 0 Å². The third-order valence-electron chi connectivity index (χ3n) is 5.19. The smallest absolute Gasteiger partial charge is 0.261 e. The van der Waals surface area contributed by atoms with E-state index in [-0.39, 0.29) is 29.6 Å². The predicted molar refractivity (Wildman–Crippen MR) is 106 cm³/mol. The third kappa shape index (κ3) is 4.01. The highest BCUT2D eigenvalue weighted by Crippen LogP contribution is 2.31. The van der Waals surface area contributed by atoms with E-state index < -0.39 is 11.5 Å². The summed E-state index contributed by atoms with van der Waals surface area (Å²) in [6.07, 6.45) is 0.873. The number of rotatable bonds is 4. The molecule has 2 aromatic carbocycles. The summed E-state index contributed by atoms with van der Waals surface area (Å²) >= 11 is 0. The Labute approximate surface area is 166 Å². The average molecular weight is 390 g/mol. The topological polar surface area (TPSA) is 79.0 Å². The lowest BCUT2D eigenvalue weighted by Crippen LogP contribution is -2.32. The zero-order chi connectivity index (χ0) is 20.4. The highest BCUT2D eigenvalue weighted by Gasteiger charge is 2.28. The first-order valence-corrected chi connectivity index (χ1v) is 9.38. The first kappa shape index (κ1) is 18.8. The Bertz CT molecular complexity index is 1120. The van der Waals surface area contributed by atoms with Gasteiger partial charge in [0.2, 0.25) is 0 Å². The number of H-pyrrole nitrogens is 1. The Morgan fingerprint density at radius 3 is 2.48 bits per heavy atom. The molecule has 3 aromatic rings. The number of pyridine rings is 1. The molecule has 0 radical (unpaired) electrons. The number of halogens is 1. The molecule has 0 bridgehead atoms. The second kappa shape index (κ2) is 7.83. The van der Waals surface area contributed by atoms with Crippen molar-refractivity contribution < 1.29 is 14.0 Å². The Kier molecular flexibility index (Phi) is 5.08. The van der Waals surface area contributed by atoms with Gasteiger partial charge in [0.1, 0.15) is 11.4 Å². The van der Waals surface area contributed by atoms with E-state index in [1.165, 1.54) is 18.2 Å². The number of fused-ring (bicyclic) bond motifs is 1. The monoisotopic (exact) mass is 390 g/mol. The summed E-state index contributed by atoms with van der Waals surface area (Å²) in [5.74, 6) is -1.02. The molecule has 0 spiro atoms. The average Bonchev–Trinajstić information content (AvgIpc) is 2.73. The maximum atomic E-state index is 13.0. The molecule has 1 aromatic heterocycles. The van der Waals surface area contributed by atoms with Crippen molar-refractivity contribution in [3.8, 4) is 0 Å². The van der Waals surface area contributed by atoms with Gasteiger partial charge in [-0.1, -0.05) is 42.5 Å². The molecule has 1 aliphatic carbocycles. The predicted octanol–water partition coefficient (Wildman–Crippen LogP) is 3.36. The minimum atomic E-state index is -0.573. The molecule has 2 N–H and O–H groups in total. The Morgan fingerprint density at radius 2 is 1.76 bits per heavy atom. The molecule has 0 saturated heterocycles. The molecule has 5 nitrogen and oxygen atoms in total. The van der Waals surface area contributed by atoms with Crippen molar-refractivity contribution in [3.63, 3.8) is 0 Å². The van der Waals surface area contributed by atoms with Crippen LogP contribution in [0.15, 0.2) is 65.5 Å². The second-order valence-electron chi connectivity index (χ2n) is 7.15. The van der Waals surface area contributed by atoms with Crippen molar-refractivity contribution in [2.75, 3.05) is 0 Å². The lowest BCUT2D eigenvalue weighted by molar-refractivity contribution is 0.0949. The van der Waals surface area contributed by atoms with E-state index in [9.17, 15) is 18.8 Å². The van der Waals surface area contributed by atoms with E-state index in [0.29, 0.717) is 29.7 Å². The van der Waals surface area contributed by atoms with E-state index in [4.69, 9.17) is 0 Å². The van der Waals surface area contributed by atoms with E-state index in [1.807, 2.05) is 30.3 Å². The molecule has 0 saturated carbocycles. The standard InChI is InChI=1S/C23H19FN2O3/c24-17-8-6-14(7-9-17)13-25-22(28)19-12-18-20(26-23(19)29)10-16(11-21(18)27)15-4-2-1-3-5-15/h1-9,12,16H,10-11,13H2,(H,25,28)(H,26,29)/t16-/m0/s1. The molecular weight excluding hydrogens is 371 g/mol. The second-order valence-corrected chi connectivity index (χ2v) is 7.15. The third-order valence-corrected chi connectivity index (χ3v) is 5.19. The Balaban J connectivity index is 1.54. The van der Waals surface area contributed by atoms with Crippen LogP contribution < -0.4 is 10.9 Å². The Morgan fingerprint density at radius 1 is 1.03 bits per heavy atom. The van der Waals surface area contributed by atoms with Gasteiger partial charge in [-0.3, -0.25) is 14.4 Å². The summed E-state index contributed by atoms with van der Waals surface area (Å²) in [5, 5.41) is 2.64. The normalized spacial score (nSPS) is 15.6. The zero-order valence-corrected chi connectivity index (χ0v) is 15.6. The van der Waals surface area contributed by atoms with Gasteiger partial charge in [-0.25, -0.2) is 4.39 Å². The van der Waals surface area contributed by atoms with Gasteiger partial charge < -0.3 is 10.3 Å². The molecule has 1 heterocycles. The summed E-state index contributed by atoms with van der Waals surface area (Å²) in [4.78, 5) is 40.3. The van der Waals surface area contributed by atoms with Gasteiger partial charge in [-0.05, 0) is 41.7 Å². The van der Waals surface area contributed by atoms with Crippen molar-refractivity contribution in [2.24, 2.45) is 0 Å². The number of benzene rings is 2. The minimum Gasteiger partial charge on any atom is -0.348 e. The van der Waals surface area contributed by atoms with E-state index in [0.717, 1.165) is 5.56 Å². The highest BCUT2D eigenvalue weighted by molar-refractivity contribution is 6.02. The van der Waals surface area contributed by atoms with Crippen LogP contribution in [0.1, 0.15) is 49.9 Å². The summed E-state index contributed by atoms with van der Waals surface area (Å²) < 4.78 is 13.0. The first-order chi connectivity index (χ1) is 14.0. The SMILES string of the molecule is O=C1C[C@@H](c2ccccc2)Cc2[nH]c(=O)c(C(=O)NCc3ccc(F)cc3)cc21. The summed E-state index contributed by atoms with van der Waals surface area (Å²) in [6.45, 7) is 0.152. The van der Waals surface area contributed by atoms with Gasteiger partial charge in [-0.15, -0.1) is 0 Å². The molecule has 146 valence electrons. The number of hydrogen-bond acceptors (Lipinski definition) is 3. The van der Waals surface area contributed by atoms with Crippen LogP contribution in [-0.2, 0) is 13.0 Å². The lowest BCUT2D eigenvalue weighted by Gasteiger charge is -2.24. The van der Waals surface area contributed by atoms with E-state index in [1.54, 1.807) is 12.1 Å². The Hall–Kier alpha value is -3.54.